The van der Waals surface area contributed by atoms with Crippen LogP contribution >= 0.6 is 11.3 Å². The third kappa shape index (κ3) is 4.78. The Kier molecular flexibility index (Phi) is 5.79. The van der Waals surface area contributed by atoms with Crippen LogP contribution < -0.4 is 20.3 Å². The van der Waals surface area contributed by atoms with Gasteiger partial charge < -0.3 is 9.47 Å². The van der Waals surface area contributed by atoms with Crippen molar-refractivity contribution < 1.29 is 19.1 Å². The number of hydrogen-bond acceptors (Lipinski definition) is 5. The third-order valence-electron chi connectivity index (χ3n) is 2.68. The van der Waals surface area contributed by atoms with Crippen molar-refractivity contribution in [2.75, 3.05) is 13.7 Å². The zero-order valence-corrected chi connectivity index (χ0v) is 12.8. The lowest BCUT2D eigenvalue weighted by Gasteiger charge is -2.10. The molecule has 1 heterocycles. The lowest BCUT2D eigenvalue weighted by molar-refractivity contribution is -0.129. The van der Waals surface area contributed by atoms with E-state index in [9.17, 15) is 9.59 Å². The van der Waals surface area contributed by atoms with Gasteiger partial charge in [0.25, 0.3) is 5.91 Å². The van der Waals surface area contributed by atoms with Crippen LogP contribution in [0.5, 0.6) is 11.5 Å². The Balaban J connectivity index is 1.72. The van der Waals surface area contributed by atoms with Gasteiger partial charge in [-0.1, -0.05) is 18.2 Å². The predicted molar refractivity (Wildman–Crippen MR) is 82.8 cm³/mol. The summed E-state index contributed by atoms with van der Waals surface area (Å²) in [7, 11) is 1.52. The van der Waals surface area contributed by atoms with Crippen LogP contribution in [-0.2, 0) is 16.0 Å². The second-order valence-corrected chi connectivity index (χ2v) is 5.32. The van der Waals surface area contributed by atoms with E-state index >= 15 is 0 Å². The summed E-state index contributed by atoms with van der Waals surface area (Å²) in [5.74, 6) is 0.264. The highest BCUT2D eigenvalue weighted by atomic mass is 32.1. The number of hydrazine groups is 1. The van der Waals surface area contributed by atoms with Gasteiger partial charge in [-0.2, -0.15) is 0 Å². The Bertz CT molecular complexity index is 628. The fraction of sp³-hybridized carbons (Fsp3) is 0.200. The fourth-order valence-corrected chi connectivity index (χ4v) is 2.38. The van der Waals surface area contributed by atoms with Crippen molar-refractivity contribution in [3.8, 4) is 11.5 Å². The minimum Gasteiger partial charge on any atom is -0.493 e. The van der Waals surface area contributed by atoms with Crippen LogP contribution in [-0.4, -0.2) is 25.5 Å². The molecule has 0 unspecified atom stereocenters. The largest absolute Gasteiger partial charge is 0.493 e. The first-order chi connectivity index (χ1) is 10.7. The lowest BCUT2D eigenvalue weighted by Crippen LogP contribution is -2.44. The first-order valence-electron chi connectivity index (χ1n) is 6.55. The number of thiophene rings is 1. The second-order valence-electron chi connectivity index (χ2n) is 4.29. The van der Waals surface area contributed by atoms with Crippen molar-refractivity contribution in [2.24, 2.45) is 0 Å². The number of ether oxygens (including phenoxy) is 2. The van der Waals surface area contributed by atoms with Crippen LogP contribution in [0.1, 0.15) is 4.88 Å². The summed E-state index contributed by atoms with van der Waals surface area (Å²) in [5, 5.41) is 1.89. The Morgan fingerprint density at radius 1 is 1.05 bits per heavy atom. The molecule has 0 aliphatic rings. The Labute approximate surface area is 132 Å². The topological polar surface area (TPSA) is 76.7 Å². The molecule has 22 heavy (non-hydrogen) atoms. The maximum Gasteiger partial charge on any atom is 0.276 e. The monoisotopic (exact) mass is 320 g/mol. The standard InChI is InChI=1S/C15H16N2O4S/c1-20-12-6-2-3-7-13(12)21-10-15(19)17-16-14(18)9-11-5-4-8-22-11/h2-8H,9-10H2,1H3,(H,16,18)(H,17,19). The van der Waals surface area contributed by atoms with E-state index in [0.717, 1.165) is 4.88 Å². The van der Waals surface area contributed by atoms with Gasteiger partial charge in [0.15, 0.2) is 18.1 Å². The lowest BCUT2D eigenvalue weighted by atomic mass is 10.3. The molecule has 0 aliphatic carbocycles. The first kappa shape index (κ1) is 15.8. The van der Waals surface area contributed by atoms with E-state index in [1.165, 1.54) is 18.4 Å². The quantitative estimate of drug-likeness (QED) is 0.791. The molecule has 2 amide bonds. The van der Waals surface area contributed by atoms with Crippen molar-refractivity contribution in [3.05, 3.63) is 46.7 Å². The average molecular weight is 320 g/mol. The minimum atomic E-state index is -0.453. The summed E-state index contributed by atoms with van der Waals surface area (Å²) >= 11 is 1.49. The highest BCUT2D eigenvalue weighted by Gasteiger charge is 2.08. The molecule has 1 aromatic carbocycles. The number of rotatable bonds is 6. The van der Waals surface area contributed by atoms with Crippen molar-refractivity contribution >= 4 is 23.2 Å². The molecule has 0 aliphatic heterocycles. The number of nitrogens with one attached hydrogen (secondary N) is 2. The fourth-order valence-electron chi connectivity index (χ4n) is 1.67. The van der Waals surface area contributed by atoms with Gasteiger partial charge in [0.2, 0.25) is 5.91 Å². The van der Waals surface area contributed by atoms with Crippen molar-refractivity contribution in [1.82, 2.24) is 10.9 Å². The number of carbonyl (C=O) groups excluding carboxylic acids is 2. The summed E-state index contributed by atoms with van der Waals surface area (Å²) in [5.41, 5.74) is 4.65. The molecule has 0 saturated carbocycles. The zero-order valence-electron chi connectivity index (χ0n) is 12.0. The number of para-hydroxylation sites is 2. The SMILES string of the molecule is COc1ccccc1OCC(=O)NNC(=O)Cc1cccs1. The zero-order chi connectivity index (χ0) is 15.8. The third-order valence-corrected chi connectivity index (χ3v) is 3.56. The number of benzene rings is 1. The van der Waals surface area contributed by atoms with Gasteiger partial charge in [0.05, 0.1) is 13.5 Å². The van der Waals surface area contributed by atoms with E-state index < -0.39 is 5.91 Å². The summed E-state index contributed by atoms with van der Waals surface area (Å²) in [6.45, 7) is -0.223. The molecule has 2 N–H and O–H groups in total. The van der Waals surface area contributed by atoms with E-state index in [0.29, 0.717) is 11.5 Å². The van der Waals surface area contributed by atoms with Crippen molar-refractivity contribution in [1.29, 1.82) is 0 Å². The molecule has 0 saturated heterocycles. The smallest absolute Gasteiger partial charge is 0.276 e. The molecule has 2 aromatic rings. The molecule has 1 aromatic heterocycles. The summed E-state index contributed by atoms with van der Waals surface area (Å²) in [6, 6.07) is 10.7. The van der Waals surface area contributed by atoms with Gasteiger partial charge in [-0.25, -0.2) is 0 Å². The summed E-state index contributed by atoms with van der Waals surface area (Å²) in [6.07, 6.45) is 0.227. The molecule has 7 heteroatoms. The van der Waals surface area contributed by atoms with E-state index in [-0.39, 0.29) is 18.9 Å². The van der Waals surface area contributed by atoms with Gasteiger partial charge in [0, 0.05) is 4.88 Å². The molecule has 2 rings (SSSR count). The number of hydrogen-bond donors (Lipinski definition) is 2. The summed E-state index contributed by atoms with van der Waals surface area (Å²) < 4.78 is 10.5. The first-order valence-corrected chi connectivity index (χ1v) is 7.43. The van der Waals surface area contributed by atoms with Crippen LogP contribution in [0.3, 0.4) is 0 Å². The maximum absolute atomic E-state index is 11.6. The minimum absolute atomic E-state index is 0.223. The van der Waals surface area contributed by atoms with Crippen LogP contribution in [0.2, 0.25) is 0 Å². The molecule has 116 valence electrons. The van der Waals surface area contributed by atoms with Gasteiger partial charge in [-0.3, -0.25) is 20.4 Å². The predicted octanol–water partition coefficient (Wildman–Crippen LogP) is 1.53. The van der Waals surface area contributed by atoms with Gasteiger partial charge in [0.1, 0.15) is 0 Å². The second kappa shape index (κ2) is 8.04. The van der Waals surface area contributed by atoms with Crippen LogP contribution in [0.25, 0.3) is 0 Å². The molecule has 0 atom stereocenters. The number of carbonyl (C=O) groups is 2. The molecule has 6 nitrogen and oxygen atoms in total. The average Bonchev–Trinajstić information content (AvgIpc) is 3.04. The number of methoxy groups -OCH3 is 1. The Morgan fingerprint density at radius 2 is 1.77 bits per heavy atom. The highest BCUT2D eigenvalue weighted by molar-refractivity contribution is 7.10. The van der Waals surface area contributed by atoms with Crippen LogP contribution in [0, 0.1) is 0 Å². The van der Waals surface area contributed by atoms with Crippen LogP contribution in [0.4, 0.5) is 0 Å². The van der Waals surface area contributed by atoms with E-state index in [1.54, 1.807) is 24.3 Å². The summed E-state index contributed by atoms with van der Waals surface area (Å²) in [4.78, 5) is 24.2. The molecule has 0 bridgehead atoms. The molecule has 0 radical (unpaired) electrons. The van der Waals surface area contributed by atoms with Gasteiger partial charge in [-0.05, 0) is 23.6 Å². The van der Waals surface area contributed by atoms with Crippen molar-refractivity contribution in [2.45, 2.75) is 6.42 Å². The number of amides is 2. The molecular weight excluding hydrogens is 304 g/mol. The molecule has 0 fully saturated rings. The maximum atomic E-state index is 11.6. The van der Waals surface area contributed by atoms with E-state index in [1.807, 2.05) is 17.5 Å². The Morgan fingerprint density at radius 3 is 2.45 bits per heavy atom. The van der Waals surface area contributed by atoms with Crippen LogP contribution in [0.15, 0.2) is 41.8 Å². The van der Waals surface area contributed by atoms with Gasteiger partial charge in [-0.15, -0.1) is 11.3 Å². The highest BCUT2D eigenvalue weighted by Crippen LogP contribution is 2.25. The van der Waals surface area contributed by atoms with Gasteiger partial charge >= 0.3 is 0 Å². The van der Waals surface area contributed by atoms with Crippen molar-refractivity contribution in [3.63, 3.8) is 0 Å². The molecule has 0 spiro atoms. The Hall–Kier alpha value is -2.54. The van der Waals surface area contributed by atoms with E-state index in [4.69, 9.17) is 9.47 Å². The van der Waals surface area contributed by atoms with E-state index in [2.05, 4.69) is 10.9 Å². The normalized spacial score (nSPS) is 9.86. The molecular formula is C15H16N2O4S.